The van der Waals surface area contributed by atoms with E-state index >= 15 is 0 Å². The lowest BCUT2D eigenvalue weighted by Crippen LogP contribution is -2.25. The molecule has 5 heteroatoms. The molecule has 0 saturated heterocycles. The van der Waals surface area contributed by atoms with Gasteiger partial charge in [0.25, 0.3) is 0 Å². The number of hydrogen-bond donors (Lipinski definition) is 1. The maximum absolute atomic E-state index is 11.4. The predicted octanol–water partition coefficient (Wildman–Crippen LogP) is 1.33. The maximum Gasteiger partial charge on any atom is 0.397 e. The average Bonchev–Trinajstić information content (AvgIpc) is 2.30. The van der Waals surface area contributed by atoms with Crippen LogP contribution in [0.3, 0.4) is 0 Å². The largest absolute Gasteiger partial charge is 0.459 e. The first-order chi connectivity index (χ1) is 8.17. The van der Waals surface area contributed by atoms with E-state index in [9.17, 15) is 9.59 Å². The number of benzene rings is 1. The van der Waals surface area contributed by atoms with E-state index in [1.54, 1.807) is 32.2 Å². The Morgan fingerprint density at radius 2 is 2.12 bits per heavy atom. The van der Waals surface area contributed by atoms with Gasteiger partial charge in [-0.05, 0) is 24.6 Å². The van der Waals surface area contributed by atoms with Crippen LogP contribution in [0.1, 0.15) is 12.5 Å². The molecular formula is C12H15NO4. The van der Waals surface area contributed by atoms with Crippen molar-refractivity contribution in [1.29, 1.82) is 0 Å². The van der Waals surface area contributed by atoms with Gasteiger partial charge in [0.15, 0.2) is 0 Å². The van der Waals surface area contributed by atoms with Crippen molar-refractivity contribution < 1.29 is 19.1 Å². The second-order valence-corrected chi connectivity index (χ2v) is 3.31. The number of anilines is 1. The van der Waals surface area contributed by atoms with Crippen LogP contribution in [0.2, 0.25) is 0 Å². The summed E-state index contributed by atoms with van der Waals surface area (Å²) in [6.45, 7) is 2.27. The smallest absolute Gasteiger partial charge is 0.397 e. The first kappa shape index (κ1) is 13.2. The van der Waals surface area contributed by atoms with Crippen LogP contribution in [-0.4, -0.2) is 25.6 Å². The Balaban J connectivity index is 2.64. The molecule has 1 aromatic rings. The third-order valence-electron chi connectivity index (χ3n) is 1.96. The molecule has 0 fully saturated rings. The highest BCUT2D eigenvalue weighted by molar-refractivity contribution is 6.37. The van der Waals surface area contributed by atoms with Gasteiger partial charge < -0.3 is 14.8 Å². The van der Waals surface area contributed by atoms with Crippen molar-refractivity contribution in [1.82, 2.24) is 0 Å². The molecule has 0 aliphatic rings. The molecule has 1 amide bonds. The number of methoxy groups -OCH3 is 1. The number of hydrogen-bond acceptors (Lipinski definition) is 4. The van der Waals surface area contributed by atoms with Crippen LogP contribution in [0, 0.1) is 0 Å². The van der Waals surface area contributed by atoms with Crippen molar-refractivity contribution in [3.63, 3.8) is 0 Å². The molecule has 1 rings (SSSR count). The van der Waals surface area contributed by atoms with E-state index in [1.165, 1.54) is 0 Å². The minimum Gasteiger partial charge on any atom is -0.459 e. The molecule has 1 aromatic carbocycles. The Bertz CT molecular complexity index is 403. The normalized spacial score (nSPS) is 9.76. The third-order valence-corrected chi connectivity index (χ3v) is 1.96. The molecule has 0 aliphatic heterocycles. The Labute approximate surface area is 99.7 Å². The summed E-state index contributed by atoms with van der Waals surface area (Å²) in [6, 6.07) is 7.07. The number of nitrogens with one attached hydrogen (secondary N) is 1. The molecular weight excluding hydrogens is 222 g/mol. The molecule has 0 heterocycles. The standard InChI is InChI=1S/C12H15NO4/c1-3-17-12(15)11(14)13-10-6-4-5-9(7-10)8-16-2/h4-7H,3,8H2,1-2H3,(H,13,14). The van der Waals surface area contributed by atoms with Gasteiger partial charge in [0, 0.05) is 12.8 Å². The van der Waals surface area contributed by atoms with Crippen LogP contribution < -0.4 is 5.32 Å². The van der Waals surface area contributed by atoms with E-state index in [0.29, 0.717) is 12.3 Å². The van der Waals surface area contributed by atoms with Gasteiger partial charge in [0.05, 0.1) is 13.2 Å². The zero-order valence-electron chi connectivity index (χ0n) is 9.86. The van der Waals surface area contributed by atoms with E-state index in [0.717, 1.165) is 5.56 Å². The number of carbonyl (C=O) groups excluding carboxylic acids is 2. The fourth-order valence-electron chi connectivity index (χ4n) is 1.28. The van der Waals surface area contributed by atoms with Crippen LogP contribution in [0.5, 0.6) is 0 Å². The Morgan fingerprint density at radius 3 is 2.76 bits per heavy atom. The SMILES string of the molecule is CCOC(=O)C(=O)Nc1cccc(COC)c1. The number of rotatable bonds is 4. The molecule has 0 bridgehead atoms. The molecule has 0 aliphatic carbocycles. The summed E-state index contributed by atoms with van der Waals surface area (Å²) in [7, 11) is 1.59. The van der Waals surface area contributed by atoms with E-state index in [-0.39, 0.29) is 6.61 Å². The van der Waals surface area contributed by atoms with Gasteiger partial charge in [-0.25, -0.2) is 4.79 Å². The second kappa shape index (κ2) is 6.65. The molecule has 0 saturated carbocycles. The van der Waals surface area contributed by atoms with Crippen molar-refractivity contribution in [3.8, 4) is 0 Å². The lowest BCUT2D eigenvalue weighted by molar-refractivity contribution is -0.152. The van der Waals surface area contributed by atoms with Gasteiger partial charge >= 0.3 is 11.9 Å². The maximum atomic E-state index is 11.4. The summed E-state index contributed by atoms with van der Waals surface area (Å²) in [4.78, 5) is 22.5. The highest BCUT2D eigenvalue weighted by Crippen LogP contribution is 2.11. The fraction of sp³-hybridized carbons (Fsp3) is 0.333. The lowest BCUT2D eigenvalue weighted by atomic mass is 10.2. The molecule has 0 spiro atoms. The minimum absolute atomic E-state index is 0.177. The molecule has 5 nitrogen and oxygen atoms in total. The zero-order chi connectivity index (χ0) is 12.7. The lowest BCUT2D eigenvalue weighted by Gasteiger charge is -2.06. The predicted molar refractivity (Wildman–Crippen MR) is 62.4 cm³/mol. The van der Waals surface area contributed by atoms with Gasteiger partial charge in [-0.2, -0.15) is 0 Å². The second-order valence-electron chi connectivity index (χ2n) is 3.31. The average molecular weight is 237 g/mol. The molecule has 17 heavy (non-hydrogen) atoms. The molecule has 0 unspecified atom stereocenters. The summed E-state index contributed by atoms with van der Waals surface area (Å²) in [5, 5.41) is 2.46. The quantitative estimate of drug-likeness (QED) is 0.634. The van der Waals surface area contributed by atoms with E-state index in [2.05, 4.69) is 10.1 Å². The Hall–Kier alpha value is -1.88. The highest BCUT2D eigenvalue weighted by atomic mass is 16.5. The van der Waals surface area contributed by atoms with Crippen molar-refractivity contribution >= 4 is 17.6 Å². The van der Waals surface area contributed by atoms with Gasteiger partial charge in [-0.15, -0.1) is 0 Å². The van der Waals surface area contributed by atoms with E-state index in [1.807, 2.05) is 6.07 Å². The van der Waals surface area contributed by atoms with E-state index < -0.39 is 11.9 Å². The monoisotopic (exact) mass is 237 g/mol. The summed E-state index contributed by atoms with van der Waals surface area (Å²) >= 11 is 0. The highest BCUT2D eigenvalue weighted by Gasteiger charge is 2.14. The van der Waals surface area contributed by atoms with Crippen LogP contribution in [0.15, 0.2) is 24.3 Å². The molecule has 1 N–H and O–H groups in total. The number of esters is 1. The molecule has 0 aromatic heterocycles. The number of ether oxygens (including phenoxy) is 2. The first-order valence-electron chi connectivity index (χ1n) is 5.23. The Kier molecular flexibility index (Phi) is 5.16. The van der Waals surface area contributed by atoms with Gasteiger partial charge in [-0.3, -0.25) is 4.79 Å². The summed E-state index contributed by atoms with van der Waals surface area (Å²) < 4.78 is 9.55. The topological polar surface area (TPSA) is 64.6 Å². The van der Waals surface area contributed by atoms with Gasteiger partial charge in [0.2, 0.25) is 0 Å². The van der Waals surface area contributed by atoms with Crippen LogP contribution >= 0.6 is 0 Å². The van der Waals surface area contributed by atoms with Gasteiger partial charge in [-0.1, -0.05) is 12.1 Å². The summed E-state index contributed by atoms with van der Waals surface area (Å²) in [5.41, 5.74) is 1.45. The molecule has 92 valence electrons. The molecule has 0 atom stereocenters. The number of amides is 1. The first-order valence-corrected chi connectivity index (χ1v) is 5.23. The van der Waals surface area contributed by atoms with Crippen LogP contribution in [-0.2, 0) is 25.7 Å². The summed E-state index contributed by atoms with van der Waals surface area (Å²) in [6.07, 6.45) is 0. The zero-order valence-corrected chi connectivity index (χ0v) is 9.86. The number of carbonyl (C=O) groups is 2. The van der Waals surface area contributed by atoms with Crippen molar-refractivity contribution in [2.24, 2.45) is 0 Å². The van der Waals surface area contributed by atoms with E-state index in [4.69, 9.17) is 4.74 Å². The minimum atomic E-state index is -0.885. The van der Waals surface area contributed by atoms with Crippen molar-refractivity contribution in [2.75, 3.05) is 19.0 Å². The van der Waals surface area contributed by atoms with Crippen molar-refractivity contribution in [2.45, 2.75) is 13.5 Å². The summed E-state index contributed by atoms with van der Waals surface area (Å²) in [5.74, 6) is -1.66. The van der Waals surface area contributed by atoms with Gasteiger partial charge in [0.1, 0.15) is 0 Å². The Morgan fingerprint density at radius 1 is 1.35 bits per heavy atom. The van der Waals surface area contributed by atoms with Crippen LogP contribution in [0.25, 0.3) is 0 Å². The fourth-order valence-corrected chi connectivity index (χ4v) is 1.28. The van der Waals surface area contributed by atoms with Crippen LogP contribution in [0.4, 0.5) is 5.69 Å². The third kappa shape index (κ3) is 4.24. The van der Waals surface area contributed by atoms with Crippen molar-refractivity contribution in [3.05, 3.63) is 29.8 Å². The molecule has 0 radical (unpaired) electrons.